The zero-order valence-corrected chi connectivity index (χ0v) is 20.0. The summed E-state index contributed by atoms with van der Waals surface area (Å²) in [4.78, 5) is 26.9. The fourth-order valence-electron chi connectivity index (χ4n) is 8.70. The summed E-state index contributed by atoms with van der Waals surface area (Å²) in [5, 5.41) is 0. The summed E-state index contributed by atoms with van der Waals surface area (Å²) in [7, 11) is 2.04. The van der Waals surface area contributed by atoms with Crippen LogP contribution in [0.4, 0.5) is 0 Å². The minimum atomic E-state index is -0.0973. The summed E-state index contributed by atoms with van der Waals surface area (Å²) < 4.78 is 5.55. The Kier molecular flexibility index (Phi) is 5.62. The van der Waals surface area contributed by atoms with Gasteiger partial charge in [-0.25, -0.2) is 0 Å². The quantitative estimate of drug-likeness (QED) is 0.438. The van der Waals surface area contributed by atoms with Gasteiger partial charge in [0.05, 0.1) is 0 Å². The first-order chi connectivity index (χ1) is 15.3. The summed E-state index contributed by atoms with van der Waals surface area (Å²) in [6.45, 7) is 5.02. The van der Waals surface area contributed by atoms with Crippen LogP contribution < -0.4 is 4.74 Å². The third-order valence-electron chi connectivity index (χ3n) is 10.4. The van der Waals surface area contributed by atoms with Crippen molar-refractivity contribution in [3.8, 4) is 5.75 Å². The molecule has 4 heteroatoms. The van der Waals surface area contributed by atoms with Crippen molar-refractivity contribution in [2.75, 3.05) is 7.05 Å². The van der Waals surface area contributed by atoms with Crippen LogP contribution in [-0.2, 0) is 9.59 Å². The lowest BCUT2D eigenvalue weighted by molar-refractivity contribution is -0.158. The molecule has 3 aliphatic carbocycles. The first-order valence-corrected chi connectivity index (χ1v) is 12.8. The van der Waals surface area contributed by atoms with Gasteiger partial charge in [-0.05, 0) is 98.0 Å². The fraction of sp³-hybridized carbons (Fsp3) is 0.714. The van der Waals surface area contributed by atoms with Gasteiger partial charge in [-0.3, -0.25) is 9.59 Å². The highest BCUT2D eigenvalue weighted by molar-refractivity contribution is 5.77. The summed E-state index contributed by atoms with van der Waals surface area (Å²) in [6.07, 6.45) is 10.8. The van der Waals surface area contributed by atoms with Crippen molar-refractivity contribution in [3.63, 3.8) is 0 Å². The Morgan fingerprint density at radius 2 is 1.75 bits per heavy atom. The number of esters is 1. The number of hydrogen-bond acceptors (Lipinski definition) is 3. The van der Waals surface area contributed by atoms with E-state index in [0.717, 1.165) is 37.0 Å². The maximum absolute atomic E-state index is 12.5. The van der Waals surface area contributed by atoms with E-state index in [1.165, 1.54) is 38.5 Å². The Morgan fingerprint density at radius 3 is 2.53 bits per heavy atom. The van der Waals surface area contributed by atoms with E-state index in [1.54, 1.807) is 0 Å². The molecule has 1 aliphatic heterocycles. The Hall–Kier alpha value is -1.84. The summed E-state index contributed by atoms with van der Waals surface area (Å²) >= 11 is 0. The second-order valence-electron chi connectivity index (χ2n) is 11.6. The number of carbonyl (C=O) groups is 2. The maximum Gasteiger partial charge on any atom is 0.311 e. The molecule has 174 valence electrons. The van der Waals surface area contributed by atoms with Crippen molar-refractivity contribution >= 4 is 11.9 Å². The van der Waals surface area contributed by atoms with Crippen molar-refractivity contribution in [1.82, 2.24) is 4.90 Å². The average Bonchev–Trinajstić information content (AvgIpc) is 3.12. The molecule has 3 saturated carbocycles. The van der Waals surface area contributed by atoms with Gasteiger partial charge in [0.25, 0.3) is 0 Å². The number of fused-ring (bicyclic) bond motifs is 5. The van der Waals surface area contributed by atoms with Crippen molar-refractivity contribution in [2.24, 2.45) is 34.5 Å². The smallest absolute Gasteiger partial charge is 0.311 e. The molecule has 1 aromatic rings. The van der Waals surface area contributed by atoms with Crippen LogP contribution in [0.5, 0.6) is 5.75 Å². The van der Waals surface area contributed by atoms with E-state index < -0.39 is 0 Å². The SMILES string of the molecule is CN1C(=O)CC[C@@]2(C)C1CC[C@H]1[C@@H]3CC[C@H](CCC(=O)Oc4ccccc4)[C@@]3(C)CC[C@@H]12. The van der Waals surface area contributed by atoms with Crippen molar-refractivity contribution in [1.29, 1.82) is 0 Å². The Morgan fingerprint density at radius 1 is 1.00 bits per heavy atom. The number of nitrogens with zero attached hydrogens (tertiary/aromatic N) is 1. The molecule has 0 radical (unpaired) electrons. The Balaban J connectivity index is 1.25. The number of benzene rings is 1. The van der Waals surface area contributed by atoms with Gasteiger partial charge in [-0.1, -0.05) is 32.0 Å². The van der Waals surface area contributed by atoms with E-state index in [2.05, 4.69) is 18.7 Å². The van der Waals surface area contributed by atoms with Crippen molar-refractivity contribution in [2.45, 2.75) is 84.1 Å². The second kappa shape index (κ2) is 8.18. The molecular formula is C28H39NO3. The summed E-state index contributed by atoms with van der Waals surface area (Å²) in [5.74, 6) is 3.83. The molecule has 7 atom stereocenters. The molecule has 5 rings (SSSR count). The minimum Gasteiger partial charge on any atom is -0.427 e. The standard InChI is InChI=1S/C28H39NO3/c1-27-17-15-23-21(11-13-24-28(23,2)18-16-25(30)29(24)3)22(27)12-9-19(27)10-14-26(31)32-20-7-5-4-6-8-20/h4-8,19,21-24H,9-18H2,1-3H3/t19-,21+,22+,23+,24?,27-,28-/m1/s1. The van der Waals surface area contributed by atoms with E-state index in [1.807, 2.05) is 37.4 Å². The fourth-order valence-corrected chi connectivity index (χ4v) is 8.70. The predicted octanol–water partition coefficient (Wildman–Crippen LogP) is 5.85. The molecule has 1 unspecified atom stereocenters. The van der Waals surface area contributed by atoms with Crippen LogP contribution in [0.3, 0.4) is 0 Å². The molecule has 1 heterocycles. The highest BCUT2D eigenvalue weighted by Crippen LogP contribution is 2.66. The number of amides is 1. The zero-order chi connectivity index (χ0) is 22.5. The van der Waals surface area contributed by atoms with Crippen LogP contribution in [0.2, 0.25) is 0 Å². The molecule has 0 aromatic heterocycles. The van der Waals surface area contributed by atoms with Crippen LogP contribution in [-0.4, -0.2) is 29.9 Å². The molecular weight excluding hydrogens is 398 g/mol. The van der Waals surface area contributed by atoms with E-state index >= 15 is 0 Å². The lowest BCUT2D eigenvalue weighted by atomic mass is 9.46. The van der Waals surface area contributed by atoms with Crippen LogP contribution in [0.15, 0.2) is 30.3 Å². The first kappa shape index (κ1) is 22.0. The Bertz CT molecular complexity index is 869. The van der Waals surface area contributed by atoms with Crippen molar-refractivity contribution in [3.05, 3.63) is 30.3 Å². The van der Waals surface area contributed by atoms with Gasteiger partial charge in [0.1, 0.15) is 5.75 Å². The van der Waals surface area contributed by atoms with Gasteiger partial charge >= 0.3 is 5.97 Å². The van der Waals surface area contributed by atoms with Crippen LogP contribution >= 0.6 is 0 Å². The number of hydrogen-bond donors (Lipinski definition) is 0. The third-order valence-corrected chi connectivity index (χ3v) is 10.4. The number of rotatable bonds is 4. The lowest BCUT2D eigenvalue weighted by Gasteiger charge is -2.62. The molecule has 4 nitrogen and oxygen atoms in total. The number of ether oxygens (including phenoxy) is 1. The van der Waals surface area contributed by atoms with Gasteiger partial charge in [-0.2, -0.15) is 0 Å². The lowest BCUT2D eigenvalue weighted by Crippen LogP contribution is -2.61. The molecule has 0 N–H and O–H groups in total. The largest absolute Gasteiger partial charge is 0.427 e. The molecule has 4 aliphatic rings. The monoisotopic (exact) mass is 437 g/mol. The Labute approximate surface area is 193 Å². The third kappa shape index (κ3) is 3.49. The number of para-hydroxylation sites is 1. The minimum absolute atomic E-state index is 0.0973. The maximum atomic E-state index is 12.5. The molecule has 0 bridgehead atoms. The molecule has 32 heavy (non-hydrogen) atoms. The summed E-state index contributed by atoms with van der Waals surface area (Å²) in [6, 6.07) is 9.86. The normalized spacial score (nSPS) is 40.9. The van der Waals surface area contributed by atoms with Gasteiger partial charge in [-0.15, -0.1) is 0 Å². The van der Waals surface area contributed by atoms with Gasteiger partial charge in [0.2, 0.25) is 5.91 Å². The van der Waals surface area contributed by atoms with E-state index in [9.17, 15) is 9.59 Å². The number of carbonyl (C=O) groups excluding carboxylic acids is 2. The van der Waals surface area contributed by atoms with Crippen molar-refractivity contribution < 1.29 is 14.3 Å². The van der Waals surface area contributed by atoms with Gasteiger partial charge in [0.15, 0.2) is 0 Å². The summed E-state index contributed by atoms with van der Waals surface area (Å²) in [5.41, 5.74) is 0.637. The topological polar surface area (TPSA) is 46.6 Å². The highest BCUT2D eigenvalue weighted by Gasteiger charge is 2.60. The molecule has 1 amide bonds. The van der Waals surface area contributed by atoms with Gasteiger partial charge in [0, 0.05) is 25.9 Å². The molecule has 1 aromatic carbocycles. The molecule has 0 spiro atoms. The second-order valence-corrected chi connectivity index (χ2v) is 11.6. The first-order valence-electron chi connectivity index (χ1n) is 12.8. The number of piperidine rings is 1. The van der Waals surface area contributed by atoms with E-state index in [4.69, 9.17) is 4.74 Å². The van der Waals surface area contributed by atoms with E-state index in [0.29, 0.717) is 35.5 Å². The molecule has 1 saturated heterocycles. The van der Waals surface area contributed by atoms with E-state index in [-0.39, 0.29) is 11.4 Å². The zero-order valence-electron chi connectivity index (χ0n) is 20.0. The average molecular weight is 438 g/mol. The predicted molar refractivity (Wildman–Crippen MR) is 125 cm³/mol. The van der Waals surface area contributed by atoms with Crippen LogP contribution in [0.25, 0.3) is 0 Å². The van der Waals surface area contributed by atoms with Crippen LogP contribution in [0, 0.1) is 34.5 Å². The van der Waals surface area contributed by atoms with Gasteiger partial charge < -0.3 is 9.64 Å². The van der Waals surface area contributed by atoms with Crippen LogP contribution in [0.1, 0.15) is 78.1 Å². The molecule has 4 fully saturated rings. The number of likely N-dealkylation sites (tertiary alicyclic amines) is 1. The highest BCUT2D eigenvalue weighted by atomic mass is 16.5.